The van der Waals surface area contributed by atoms with Crippen LogP contribution in [0.3, 0.4) is 0 Å². The number of hydrogen-bond donors (Lipinski definition) is 0. The largest absolute Gasteiger partial charge is 0.511 e. The monoisotopic (exact) mass is 467 g/mol. The number of hydrogen-bond acceptors (Lipinski definition) is 7. The van der Waals surface area contributed by atoms with Crippen molar-refractivity contribution in [2.24, 2.45) is 0 Å². The van der Waals surface area contributed by atoms with Crippen LogP contribution in [0.15, 0.2) is 54.4 Å². The Morgan fingerprint density at radius 3 is 2.62 bits per heavy atom. The van der Waals surface area contributed by atoms with Gasteiger partial charge in [-0.05, 0) is 38.6 Å². The fourth-order valence-corrected chi connectivity index (χ4v) is 4.42. The minimum atomic E-state index is -0.810. The molecular weight excluding hydrogens is 434 g/mol. The Kier molecular flexibility index (Phi) is 7.90. The van der Waals surface area contributed by atoms with Crippen molar-refractivity contribution in [3.63, 3.8) is 0 Å². The third kappa shape index (κ3) is 5.99. The van der Waals surface area contributed by atoms with E-state index >= 15 is 0 Å². The number of rotatable bonds is 7. The maximum atomic E-state index is 12.7. The first-order valence-electron chi connectivity index (χ1n) is 11.8. The lowest BCUT2D eigenvalue weighted by atomic mass is 10.0. The van der Waals surface area contributed by atoms with Gasteiger partial charge in [-0.3, -0.25) is 4.57 Å². The van der Waals surface area contributed by atoms with Crippen LogP contribution < -0.4 is 0 Å². The summed E-state index contributed by atoms with van der Waals surface area (Å²) in [6.45, 7) is 2.08. The SMILES string of the molecule is CN(C)CCc1cn(C(=O)OCOC(=O)OC2CCN(C3=CCC=CC3)CC2)c2ccccc12. The second kappa shape index (κ2) is 11.2. The summed E-state index contributed by atoms with van der Waals surface area (Å²) in [5.41, 5.74) is 3.17. The van der Waals surface area contributed by atoms with E-state index in [2.05, 4.69) is 28.0 Å². The number of fused-ring (bicyclic) bond motifs is 1. The zero-order valence-electron chi connectivity index (χ0n) is 19.9. The first kappa shape index (κ1) is 23.9. The van der Waals surface area contributed by atoms with Gasteiger partial charge in [0.1, 0.15) is 6.10 Å². The first-order valence-corrected chi connectivity index (χ1v) is 11.8. The predicted octanol–water partition coefficient (Wildman–Crippen LogP) is 4.54. The Morgan fingerprint density at radius 2 is 1.88 bits per heavy atom. The Labute approximate surface area is 200 Å². The van der Waals surface area contributed by atoms with Crippen LogP contribution in [-0.2, 0) is 20.6 Å². The number of para-hydroxylation sites is 1. The van der Waals surface area contributed by atoms with Gasteiger partial charge in [0.05, 0.1) is 5.52 Å². The molecule has 1 fully saturated rings. The van der Waals surface area contributed by atoms with Crippen molar-refractivity contribution in [1.29, 1.82) is 0 Å². The molecule has 0 unspecified atom stereocenters. The molecule has 1 aliphatic heterocycles. The number of carbonyl (C=O) groups excluding carboxylic acids is 2. The summed E-state index contributed by atoms with van der Waals surface area (Å²) in [5.74, 6) is 0. The highest BCUT2D eigenvalue weighted by atomic mass is 16.8. The second-order valence-electron chi connectivity index (χ2n) is 8.93. The van der Waals surface area contributed by atoms with Crippen molar-refractivity contribution < 1.29 is 23.8 Å². The molecule has 2 aromatic rings. The smallest absolute Gasteiger partial charge is 0.431 e. The average Bonchev–Trinajstić information content (AvgIpc) is 3.22. The second-order valence-corrected chi connectivity index (χ2v) is 8.93. The number of aromatic nitrogens is 1. The Hall–Kier alpha value is -3.26. The van der Waals surface area contributed by atoms with Gasteiger partial charge in [0, 0.05) is 56.2 Å². The molecule has 8 nitrogen and oxygen atoms in total. The molecule has 1 aromatic carbocycles. The molecule has 2 aliphatic rings. The van der Waals surface area contributed by atoms with Crippen LogP contribution in [-0.4, -0.2) is 73.2 Å². The van der Waals surface area contributed by atoms with E-state index in [9.17, 15) is 9.59 Å². The van der Waals surface area contributed by atoms with Crippen LogP contribution in [0.5, 0.6) is 0 Å². The Bertz CT molecular complexity index is 1060. The van der Waals surface area contributed by atoms with Crippen molar-refractivity contribution in [2.75, 3.05) is 40.5 Å². The summed E-state index contributed by atoms with van der Waals surface area (Å²) in [4.78, 5) is 29.2. The molecule has 0 atom stereocenters. The standard InChI is InChI=1S/C26H33N3O5/c1-27(2)15-12-20-18-29(24-11-7-6-10-23(20)24)25(30)32-19-33-26(31)34-22-13-16-28(17-14-22)21-8-4-3-5-9-21/h3-4,6-7,9-11,18,22H,5,8,12-17,19H2,1-2H3. The molecule has 1 saturated heterocycles. The Morgan fingerprint density at radius 1 is 1.09 bits per heavy atom. The molecule has 8 heteroatoms. The number of likely N-dealkylation sites (tertiary alicyclic amines) is 1. The lowest BCUT2D eigenvalue weighted by molar-refractivity contribution is -0.0383. The maximum Gasteiger partial charge on any atom is 0.511 e. The minimum absolute atomic E-state index is 0.188. The number of likely N-dealkylation sites (N-methyl/N-ethyl adjacent to an activating group) is 1. The van der Waals surface area contributed by atoms with Crippen molar-refractivity contribution in [2.45, 2.75) is 38.2 Å². The van der Waals surface area contributed by atoms with Gasteiger partial charge in [0.15, 0.2) is 0 Å². The van der Waals surface area contributed by atoms with Crippen LogP contribution in [0.1, 0.15) is 31.2 Å². The molecule has 0 N–H and O–H groups in total. The summed E-state index contributed by atoms with van der Waals surface area (Å²) in [5, 5.41) is 1.01. The third-order valence-electron chi connectivity index (χ3n) is 6.27. The van der Waals surface area contributed by atoms with Gasteiger partial charge in [-0.2, -0.15) is 0 Å². The van der Waals surface area contributed by atoms with E-state index in [1.807, 2.05) is 38.4 Å². The predicted molar refractivity (Wildman–Crippen MR) is 130 cm³/mol. The molecular formula is C26H33N3O5. The van der Waals surface area contributed by atoms with Gasteiger partial charge < -0.3 is 24.0 Å². The summed E-state index contributed by atoms with van der Waals surface area (Å²) < 4.78 is 17.1. The van der Waals surface area contributed by atoms with Crippen LogP contribution in [0, 0.1) is 0 Å². The summed E-state index contributed by atoms with van der Waals surface area (Å²) in [7, 11) is 4.03. The van der Waals surface area contributed by atoms with Crippen molar-refractivity contribution in [3.05, 3.63) is 60.0 Å². The first-order chi connectivity index (χ1) is 16.5. The molecule has 2 heterocycles. The van der Waals surface area contributed by atoms with Crippen LogP contribution in [0.25, 0.3) is 10.9 Å². The highest BCUT2D eigenvalue weighted by Crippen LogP contribution is 2.24. The van der Waals surface area contributed by atoms with E-state index in [4.69, 9.17) is 14.2 Å². The molecule has 0 radical (unpaired) electrons. The zero-order chi connectivity index (χ0) is 23.9. The van der Waals surface area contributed by atoms with E-state index in [1.54, 1.807) is 6.20 Å². The van der Waals surface area contributed by atoms with E-state index in [0.717, 1.165) is 68.2 Å². The highest BCUT2D eigenvalue weighted by Gasteiger charge is 2.24. The Balaban J connectivity index is 1.23. The van der Waals surface area contributed by atoms with E-state index in [0.29, 0.717) is 0 Å². The van der Waals surface area contributed by atoms with Crippen molar-refractivity contribution in [1.82, 2.24) is 14.4 Å². The van der Waals surface area contributed by atoms with Crippen LogP contribution in [0.2, 0.25) is 0 Å². The summed E-state index contributed by atoms with van der Waals surface area (Å²) in [6, 6.07) is 7.69. The highest BCUT2D eigenvalue weighted by molar-refractivity contribution is 5.92. The molecule has 0 spiro atoms. The molecule has 0 bridgehead atoms. The van der Waals surface area contributed by atoms with Crippen LogP contribution >= 0.6 is 0 Å². The molecule has 34 heavy (non-hydrogen) atoms. The van der Waals surface area contributed by atoms with E-state index < -0.39 is 19.0 Å². The number of allylic oxidation sites excluding steroid dienone is 3. The third-order valence-corrected chi connectivity index (χ3v) is 6.27. The maximum absolute atomic E-state index is 12.7. The lowest BCUT2D eigenvalue weighted by Gasteiger charge is -2.35. The number of benzene rings is 1. The number of nitrogens with zero attached hydrogens (tertiary/aromatic N) is 3. The lowest BCUT2D eigenvalue weighted by Crippen LogP contribution is -2.37. The fourth-order valence-electron chi connectivity index (χ4n) is 4.42. The molecule has 0 saturated carbocycles. The van der Waals surface area contributed by atoms with Crippen molar-refractivity contribution >= 4 is 23.2 Å². The molecule has 0 amide bonds. The number of carbonyl (C=O) groups is 2. The molecule has 4 rings (SSSR count). The minimum Gasteiger partial charge on any atom is -0.431 e. The van der Waals surface area contributed by atoms with Gasteiger partial charge in [0.2, 0.25) is 6.79 Å². The van der Waals surface area contributed by atoms with Crippen LogP contribution in [0.4, 0.5) is 9.59 Å². The average molecular weight is 468 g/mol. The normalized spacial score (nSPS) is 16.6. The van der Waals surface area contributed by atoms with Crippen molar-refractivity contribution in [3.8, 4) is 0 Å². The number of piperidine rings is 1. The molecule has 1 aromatic heterocycles. The van der Waals surface area contributed by atoms with Gasteiger partial charge in [-0.1, -0.05) is 36.4 Å². The van der Waals surface area contributed by atoms with Gasteiger partial charge in [-0.25, -0.2) is 9.59 Å². The topological polar surface area (TPSA) is 73.2 Å². The van der Waals surface area contributed by atoms with Gasteiger partial charge in [-0.15, -0.1) is 0 Å². The summed E-state index contributed by atoms with van der Waals surface area (Å²) in [6.07, 6.45) is 11.1. The molecule has 1 aliphatic carbocycles. The van der Waals surface area contributed by atoms with E-state index in [-0.39, 0.29) is 6.10 Å². The van der Waals surface area contributed by atoms with E-state index in [1.165, 1.54) is 10.3 Å². The van der Waals surface area contributed by atoms with Gasteiger partial charge in [0.25, 0.3) is 0 Å². The fraction of sp³-hybridized carbons (Fsp3) is 0.462. The van der Waals surface area contributed by atoms with Gasteiger partial charge >= 0.3 is 12.2 Å². The quantitative estimate of drug-likeness (QED) is 0.336. The summed E-state index contributed by atoms with van der Waals surface area (Å²) >= 11 is 0. The molecule has 182 valence electrons. The zero-order valence-corrected chi connectivity index (χ0v) is 19.9. The number of ether oxygens (including phenoxy) is 3.